The van der Waals surface area contributed by atoms with Gasteiger partial charge in [-0.1, -0.05) is 60.7 Å². The van der Waals surface area contributed by atoms with Crippen molar-refractivity contribution in [2.24, 2.45) is 5.92 Å². The van der Waals surface area contributed by atoms with Crippen molar-refractivity contribution in [2.75, 3.05) is 13.1 Å². The van der Waals surface area contributed by atoms with Crippen LogP contribution in [0.1, 0.15) is 40.7 Å². The smallest absolute Gasteiger partial charge is 0.223 e. The van der Waals surface area contributed by atoms with Gasteiger partial charge in [-0.3, -0.25) is 9.69 Å². The van der Waals surface area contributed by atoms with Gasteiger partial charge in [0.15, 0.2) is 0 Å². The average Bonchev–Trinajstić information content (AvgIpc) is 3.19. The molecule has 0 saturated carbocycles. The van der Waals surface area contributed by atoms with Crippen LogP contribution in [0.15, 0.2) is 66.0 Å². The molecule has 2 heterocycles. The van der Waals surface area contributed by atoms with E-state index < -0.39 is 0 Å². The third-order valence-electron chi connectivity index (χ3n) is 5.81. The molecule has 1 N–H and O–H groups in total. The van der Waals surface area contributed by atoms with Crippen LogP contribution < -0.4 is 5.32 Å². The highest BCUT2D eigenvalue weighted by molar-refractivity contribution is 7.09. The van der Waals surface area contributed by atoms with Gasteiger partial charge in [-0.15, -0.1) is 11.3 Å². The third kappa shape index (κ3) is 5.55. The summed E-state index contributed by atoms with van der Waals surface area (Å²) in [5, 5.41) is 6.61. The van der Waals surface area contributed by atoms with Gasteiger partial charge in [-0.2, -0.15) is 0 Å². The molecule has 1 aliphatic heterocycles. The van der Waals surface area contributed by atoms with Gasteiger partial charge < -0.3 is 5.32 Å². The van der Waals surface area contributed by atoms with E-state index >= 15 is 0 Å². The highest BCUT2D eigenvalue weighted by Gasteiger charge is 2.27. The fourth-order valence-corrected chi connectivity index (χ4v) is 4.74. The quantitative estimate of drug-likeness (QED) is 0.600. The van der Waals surface area contributed by atoms with Crippen molar-refractivity contribution >= 4 is 17.2 Å². The predicted octanol–water partition coefficient (Wildman–Crippen LogP) is 4.76. The number of nitrogens with one attached hydrogen (secondary N) is 1. The molecule has 0 spiro atoms. The first-order valence-corrected chi connectivity index (χ1v) is 11.6. The standard InChI is InChI=1S/C25H29N3OS/c1-19-26-23(18-30-19)17-28-14-12-22(13-15-28)25(29)27-24(21-10-6-3-7-11-21)16-20-8-4-2-5-9-20/h2-11,18,22,24H,12-17H2,1H3,(H,27,29). The minimum absolute atomic E-state index is 0.00267. The van der Waals surface area contributed by atoms with Crippen LogP contribution in [0.2, 0.25) is 0 Å². The number of nitrogens with zero attached hydrogens (tertiary/aromatic N) is 2. The van der Waals surface area contributed by atoms with Crippen LogP contribution in [0, 0.1) is 12.8 Å². The Morgan fingerprint density at radius 2 is 1.77 bits per heavy atom. The van der Waals surface area contributed by atoms with Crippen molar-refractivity contribution in [3.8, 4) is 0 Å². The van der Waals surface area contributed by atoms with Gasteiger partial charge >= 0.3 is 0 Å². The first-order valence-electron chi connectivity index (χ1n) is 10.7. The summed E-state index contributed by atoms with van der Waals surface area (Å²) in [5.41, 5.74) is 3.54. The van der Waals surface area contributed by atoms with Gasteiger partial charge in [-0.05, 0) is 50.4 Å². The Morgan fingerprint density at radius 1 is 1.10 bits per heavy atom. The van der Waals surface area contributed by atoms with E-state index in [0.717, 1.165) is 55.2 Å². The first kappa shape index (κ1) is 20.8. The molecule has 0 bridgehead atoms. The number of amides is 1. The molecule has 1 aliphatic rings. The monoisotopic (exact) mass is 419 g/mol. The molecule has 156 valence electrons. The number of hydrogen-bond donors (Lipinski definition) is 1. The number of carbonyl (C=O) groups excluding carboxylic acids is 1. The molecule has 1 amide bonds. The summed E-state index contributed by atoms with van der Waals surface area (Å²) in [4.78, 5) is 20.1. The Balaban J connectivity index is 1.35. The van der Waals surface area contributed by atoms with Gasteiger partial charge in [0.25, 0.3) is 0 Å². The summed E-state index contributed by atoms with van der Waals surface area (Å²) in [7, 11) is 0. The molecule has 30 heavy (non-hydrogen) atoms. The Bertz CT molecular complexity index is 933. The first-order chi connectivity index (χ1) is 14.7. The molecular weight excluding hydrogens is 390 g/mol. The van der Waals surface area contributed by atoms with E-state index in [2.05, 4.69) is 57.0 Å². The van der Waals surface area contributed by atoms with Crippen LogP contribution in [0.4, 0.5) is 0 Å². The van der Waals surface area contributed by atoms with E-state index in [1.54, 1.807) is 11.3 Å². The summed E-state index contributed by atoms with van der Waals surface area (Å²) in [6.07, 6.45) is 2.61. The highest BCUT2D eigenvalue weighted by atomic mass is 32.1. The molecule has 0 aliphatic carbocycles. The molecular formula is C25H29N3OS. The number of carbonyl (C=O) groups is 1. The summed E-state index contributed by atoms with van der Waals surface area (Å²) >= 11 is 1.70. The molecule has 2 aromatic carbocycles. The van der Waals surface area contributed by atoms with E-state index in [0.29, 0.717) is 0 Å². The van der Waals surface area contributed by atoms with Crippen LogP contribution in [-0.4, -0.2) is 28.9 Å². The summed E-state index contributed by atoms with van der Waals surface area (Å²) in [6, 6.07) is 20.7. The fourth-order valence-electron chi connectivity index (χ4n) is 4.14. The molecule has 3 aromatic rings. The SMILES string of the molecule is Cc1nc(CN2CCC(C(=O)NC(Cc3ccccc3)c3ccccc3)CC2)cs1. The molecule has 1 atom stereocenters. The fraction of sp³-hybridized carbons (Fsp3) is 0.360. The second kappa shape index (κ2) is 10.0. The van der Waals surface area contributed by atoms with E-state index in [4.69, 9.17) is 0 Å². The van der Waals surface area contributed by atoms with Crippen molar-refractivity contribution in [1.29, 1.82) is 0 Å². The zero-order valence-electron chi connectivity index (χ0n) is 17.5. The number of hydrogen-bond acceptors (Lipinski definition) is 4. The average molecular weight is 420 g/mol. The lowest BCUT2D eigenvalue weighted by Crippen LogP contribution is -2.41. The van der Waals surface area contributed by atoms with Crippen LogP contribution in [0.3, 0.4) is 0 Å². The number of thiazole rings is 1. The van der Waals surface area contributed by atoms with Gasteiger partial charge in [0.05, 0.1) is 16.7 Å². The van der Waals surface area contributed by atoms with Crippen LogP contribution >= 0.6 is 11.3 Å². The lowest BCUT2D eigenvalue weighted by molar-refractivity contribution is -0.127. The number of rotatable bonds is 7. The number of likely N-dealkylation sites (tertiary alicyclic amines) is 1. The second-order valence-corrected chi connectivity index (χ2v) is 9.13. The largest absolute Gasteiger partial charge is 0.349 e. The van der Waals surface area contributed by atoms with Crippen molar-refractivity contribution in [3.05, 3.63) is 87.9 Å². The molecule has 4 nitrogen and oxygen atoms in total. The number of piperidine rings is 1. The van der Waals surface area contributed by atoms with Crippen LogP contribution in [0.25, 0.3) is 0 Å². The number of benzene rings is 2. The maximum absolute atomic E-state index is 13.1. The van der Waals surface area contributed by atoms with Crippen molar-refractivity contribution in [2.45, 2.75) is 38.8 Å². The predicted molar refractivity (Wildman–Crippen MR) is 122 cm³/mol. The van der Waals surface area contributed by atoms with Gasteiger partial charge in [0.1, 0.15) is 0 Å². The Morgan fingerprint density at radius 3 is 2.40 bits per heavy atom. The topological polar surface area (TPSA) is 45.2 Å². The van der Waals surface area contributed by atoms with Gasteiger partial charge in [-0.25, -0.2) is 4.98 Å². The van der Waals surface area contributed by atoms with Crippen molar-refractivity contribution < 1.29 is 4.79 Å². The highest BCUT2D eigenvalue weighted by Crippen LogP contribution is 2.23. The Labute approximate surface area is 183 Å². The Kier molecular flexibility index (Phi) is 6.92. The van der Waals surface area contributed by atoms with E-state index in [1.807, 2.05) is 31.2 Å². The summed E-state index contributed by atoms with van der Waals surface area (Å²) < 4.78 is 0. The molecule has 4 rings (SSSR count). The molecule has 1 fully saturated rings. The molecule has 1 aromatic heterocycles. The maximum Gasteiger partial charge on any atom is 0.223 e. The summed E-state index contributed by atoms with van der Waals surface area (Å²) in [5.74, 6) is 0.268. The minimum Gasteiger partial charge on any atom is -0.349 e. The lowest BCUT2D eigenvalue weighted by Gasteiger charge is -2.32. The van der Waals surface area contributed by atoms with Crippen LogP contribution in [0.5, 0.6) is 0 Å². The van der Waals surface area contributed by atoms with Crippen molar-refractivity contribution in [3.63, 3.8) is 0 Å². The summed E-state index contributed by atoms with van der Waals surface area (Å²) in [6.45, 7) is 4.83. The molecule has 0 radical (unpaired) electrons. The van der Waals surface area contributed by atoms with Crippen molar-refractivity contribution in [1.82, 2.24) is 15.2 Å². The zero-order valence-corrected chi connectivity index (χ0v) is 18.3. The van der Waals surface area contributed by atoms with Gasteiger partial charge in [0, 0.05) is 17.8 Å². The van der Waals surface area contributed by atoms with E-state index in [1.165, 1.54) is 5.56 Å². The van der Waals surface area contributed by atoms with E-state index in [9.17, 15) is 4.79 Å². The molecule has 5 heteroatoms. The zero-order chi connectivity index (χ0) is 20.8. The molecule has 1 unspecified atom stereocenters. The third-order valence-corrected chi connectivity index (χ3v) is 6.63. The minimum atomic E-state index is -0.00267. The number of aryl methyl sites for hydroxylation is 1. The lowest BCUT2D eigenvalue weighted by atomic mass is 9.93. The van der Waals surface area contributed by atoms with Crippen LogP contribution in [-0.2, 0) is 17.8 Å². The van der Waals surface area contributed by atoms with Gasteiger partial charge in [0.2, 0.25) is 5.91 Å². The molecule has 1 saturated heterocycles. The number of aromatic nitrogens is 1. The Hall–Kier alpha value is -2.50. The van der Waals surface area contributed by atoms with E-state index in [-0.39, 0.29) is 17.9 Å². The second-order valence-electron chi connectivity index (χ2n) is 8.07. The maximum atomic E-state index is 13.1. The normalized spacial score (nSPS) is 16.3.